The third-order valence-electron chi connectivity index (χ3n) is 3.80. The van der Waals surface area contributed by atoms with Gasteiger partial charge in [-0.3, -0.25) is 10.1 Å². The number of nitro benzene ring substituents is 1. The fraction of sp³-hybridized carbons (Fsp3) is 0.0526. The molecule has 120 valence electrons. The summed E-state index contributed by atoms with van der Waals surface area (Å²) in [5.41, 5.74) is 0.707. The Hall–Kier alpha value is -2.76. The molecule has 0 spiro atoms. The summed E-state index contributed by atoms with van der Waals surface area (Å²) in [5, 5.41) is 13.5. The Morgan fingerprint density at radius 1 is 0.792 bits per heavy atom. The summed E-state index contributed by atoms with van der Waals surface area (Å²) in [6.07, 6.45) is 0. The summed E-state index contributed by atoms with van der Waals surface area (Å²) < 4.78 is 6.23. The molecule has 3 aromatic carbocycles. The predicted octanol–water partition coefficient (Wildman–Crippen LogP) is 2.65. The van der Waals surface area contributed by atoms with Crippen molar-refractivity contribution in [1.29, 1.82) is 0 Å². The minimum absolute atomic E-state index is 0.103. The van der Waals surface area contributed by atoms with Gasteiger partial charge in [-0.1, -0.05) is 72.8 Å². The van der Waals surface area contributed by atoms with Crippen molar-refractivity contribution in [1.82, 2.24) is 0 Å². The Bertz CT molecular complexity index is 770. The molecule has 0 radical (unpaired) electrons. The third-order valence-corrected chi connectivity index (χ3v) is 6.28. The van der Waals surface area contributed by atoms with Gasteiger partial charge in [0.15, 0.2) is 0 Å². The van der Waals surface area contributed by atoms with Gasteiger partial charge in [0.1, 0.15) is 0 Å². The molecule has 3 aromatic rings. The van der Waals surface area contributed by atoms with Crippen LogP contribution in [0.5, 0.6) is 0 Å². The van der Waals surface area contributed by atoms with E-state index in [1.54, 1.807) is 18.2 Å². The molecule has 0 aromatic heterocycles. The van der Waals surface area contributed by atoms with Gasteiger partial charge in [0, 0.05) is 6.07 Å². The Labute approximate surface area is 142 Å². The standard InChI is InChI=1S/C19H17NO3Si/c21-20(22)19-14-8-7-9-16(19)15-23-24(17-10-3-1-4-11-17)18-12-5-2-6-13-18/h1-14,24H,15H2. The first-order valence-corrected chi connectivity index (χ1v) is 9.32. The fourth-order valence-corrected chi connectivity index (χ4v) is 4.88. The Balaban J connectivity index is 1.87. The molecule has 3 rings (SSSR count). The molecule has 0 fully saturated rings. The number of benzene rings is 3. The summed E-state index contributed by atoms with van der Waals surface area (Å²) >= 11 is 0. The molecule has 0 amide bonds. The van der Waals surface area contributed by atoms with Crippen molar-refractivity contribution in [3.05, 3.63) is 101 Å². The SMILES string of the molecule is O=[N+]([O-])c1ccccc1CO[SiH](c1ccccc1)c1ccccc1. The molecule has 0 N–H and O–H groups in total. The Kier molecular flexibility index (Phi) is 5.15. The number of hydrogen-bond donors (Lipinski definition) is 0. The van der Waals surface area contributed by atoms with Crippen molar-refractivity contribution in [2.45, 2.75) is 6.61 Å². The molecule has 0 aliphatic rings. The average molecular weight is 335 g/mol. The van der Waals surface area contributed by atoms with Crippen LogP contribution in [0.1, 0.15) is 5.56 Å². The maximum Gasteiger partial charge on any atom is 0.274 e. The molecule has 5 heteroatoms. The smallest absolute Gasteiger partial charge is 0.274 e. The third kappa shape index (κ3) is 3.76. The van der Waals surface area contributed by atoms with E-state index in [4.69, 9.17) is 4.43 Å². The topological polar surface area (TPSA) is 52.4 Å². The molecule has 0 saturated carbocycles. The van der Waals surface area contributed by atoms with Crippen LogP contribution in [0.3, 0.4) is 0 Å². The molecule has 0 saturated heterocycles. The maximum absolute atomic E-state index is 11.2. The molecule has 0 bridgehead atoms. The summed E-state index contributed by atoms with van der Waals surface area (Å²) in [6, 6.07) is 26.9. The van der Waals surface area contributed by atoms with Gasteiger partial charge in [0.05, 0.1) is 17.1 Å². The summed E-state index contributed by atoms with van der Waals surface area (Å²) in [6.45, 7) is 0.234. The lowest BCUT2D eigenvalue weighted by Crippen LogP contribution is -2.44. The van der Waals surface area contributed by atoms with Gasteiger partial charge in [-0.05, 0) is 16.4 Å². The van der Waals surface area contributed by atoms with Gasteiger partial charge >= 0.3 is 0 Å². The van der Waals surface area contributed by atoms with E-state index in [0.717, 1.165) is 10.4 Å². The van der Waals surface area contributed by atoms with Crippen LogP contribution in [-0.2, 0) is 11.0 Å². The quantitative estimate of drug-likeness (QED) is 0.395. The number of nitro groups is 1. The van der Waals surface area contributed by atoms with Crippen molar-refractivity contribution in [3.8, 4) is 0 Å². The summed E-state index contributed by atoms with van der Waals surface area (Å²) in [5.74, 6) is 0. The molecule has 0 aliphatic carbocycles. The number of nitrogens with zero attached hydrogens (tertiary/aromatic N) is 1. The molecule has 0 unspecified atom stereocenters. The minimum atomic E-state index is -1.89. The van der Waals surface area contributed by atoms with E-state index in [1.807, 2.05) is 36.4 Å². The summed E-state index contributed by atoms with van der Waals surface area (Å²) in [7, 11) is -1.89. The minimum Gasteiger partial charge on any atom is -0.406 e. The largest absolute Gasteiger partial charge is 0.406 e. The molecular weight excluding hydrogens is 318 g/mol. The van der Waals surface area contributed by atoms with E-state index in [9.17, 15) is 10.1 Å². The van der Waals surface area contributed by atoms with Crippen LogP contribution in [-0.4, -0.2) is 14.0 Å². The highest BCUT2D eigenvalue weighted by Gasteiger charge is 2.20. The van der Waals surface area contributed by atoms with Crippen LogP contribution in [0.25, 0.3) is 0 Å². The highest BCUT2D eigenvalue weighted by Crippen LogP contribution is 2.18. The van der Waals surface area contributed by atoms with Crippen LogP contribution in [0.15, 0.2) is 84.9 Å². The zero-order valence-electron chi connectivity index (χ0n) is 13.0. The molecule has 0 aliphatic heterocycles. The van der Waals surface area contributed by atoms with Gasteiger partial charge in [0.25, 0.3) is 5.69 Å². The van der Waals surface area contributed by atoms with Crippen LogP contribution >= 0.6 is 0 Å². The first-order chi connectivity index (χ1) is 11.8. The zero-order valence-corrected chi connectivity index (χ0v) is 14.2. The molecular formula is C19H17NO3Si. The first kappa shape index (κ1) is 16.1. The second-order valence-electron chi connectivity index (χ2n) is 5.40. The second-order valence-corrected chi connectivity index (χ2v) is 7.82. The van der Waals surface area contributed by atoms with Crippen LogP contribution < -0.4 is 10.4 Å². The van der Waals surface area contributed by atoms with Crippen molar-refractivity contribution in [2.75, 3.05) is 0 Å². The Morgan fingerprint density at radius 3 is 1.83 bits per heavy atom. The van der Waals surface area contributed by atoms with Crippen molar-refractivity contribution < 1.29 is 9.35 Å². The van der Waals surface area contributed by atoms with Crippen molar-refractivity contribution >= 4 is 25.1 Å². The van der Waals surface area contributed by atoms with Crippen LogP contribution in [0.2, 0.25) is 0 Å². The molecule has 4 nitrogen and oxygen atoms in total. The van der Waals surface area contributed by atoms with E-state index in [2.05, 4.69) is 24.3 Å². The normalized spacial score (nSPS) is 10.7. The van der Waals surface area contributed by atoms with Crippen LogP contribution in [0, 0.1) is 10.1 Å². The fourth-order valence-electron chi connectivity index (χ4n) is 2.62. The highest BCUT2D eigenvalue weighted by atomic mass is 28.3. The van der Waals surface area contributed by atoms with Gasteiger partial charge in [-0.25, -0.2) is 0 Å². The lowest BCUT2D eigenvalue weighted by molar-refractivity contribution is -0.385. The molecule has 24 heavy (non-hydrogen) atoms. The van der Waals surface area contributed by atoms with Gasteiger partial charge < -0.3 is 4.43 Å². The predicted molar refractivity (Wildman–Crippen MR) is 97.2 cm³/mol. The monoisotopic (exact) mass is 335 g/mol. The number of hydrogen-bond acceptors (Lipinski definition) is 3. The van der Waals surface area contributed by atoms with Gasteiger partial charge in [0.2, 0.25) is 9.04 Å². The van der Waals surface area contributed by atoms with E-state index < -0.39 is 9.04 Å². The zero-order chi connectivity index (χ0) is 16.8. The van der Waals surface area contributed by atoms with Crippen LogP contribution in [0.4, 0.5) is 5.69 Å². The summed E-state index contributed by atoms with van der Waals surface area (Å²) in [4.78, 5) is 10.8. The number of rotatable bonds is 6. The number of para-hydroxylation sites is 1. The van der Waals surface area contributed by atoms with E-state index >= 15 is 0 Å². The van der Waals surface area contributed by atoms with Gasteiger partial charge in [-0.15, -0.1) is 0 Å². The van der Waals surface area contributed by atoms with E-state index in [-0.39, 0.29) is 17.2 Å². The van der Waals surface area contributed by atoms with E-state index in [0.29, 0.717) is 5.56 Å². The lowest BCUT2D eigenvalue weighted by atomic mass is 10.2. The lowest BCUT2D eigenvalue weighted by Gasteiger charge is -2.17. The average Bonchev–Trinajstić information content (AvgIpc) is 2.64. The first-order valence-electron chi connectivity index (χ1n) is 7.69. The van der Waals surface area contributed by atoms with E-state index in [1.165, 1.54) is 6.07 Å². The maximum atomic E-state index is 11.2. The van der Waals surface area contributed by atoms with Crippen molar-refractivity contribution in [3.63, 3.8) is 0 Å². The highest BCUT2D eigenvalue weighted by molar-refractivity contribution is 6.80. The molecule has 0 heterocycles. The second kappa shape index (κ2) is 7.67. The Morgan fingerprint density at radius 2 is 1.29 bits per heavy atom. The van der Waals surface area contributed by atoms with Crippen molar-refractivity contribution in [2.24, 2.45) is 0 Å². The van der Waals surface area contributed by atoms with Gasteiger partial charge in [-0.2, -0.15) is 0 Å². The molecule has 0 atom stereocenters.